The zero-order chi connectivity index (χ0) is 53.2. The third-order valence-electron chi connectivity index (χ3n) is 18.4. The second kappa shape index (κ2) is 16.4. The van der Waals surface area contributed by atoms with Gasteiger partial charge in [-0.15, -0.1) is 6.42 Å². The van der Waals surface area contributed by atoms with Gasteiger partial charge in [0.05, 0.1) is 0 Å². The van der Waals surface area contributed by atoms with Crippen molar-refractivity contribution in [1.82, 2.24) is 0 Å². The fourth-order valence-electron chi connectivity index (χ4n) is 15.4. The number of benzene rings is 15. The van der Waals surface area contributed by atoms with Gasteiger partial charge in [0, 0.05) is 0 Å². The first-order valence-electron chi connectivity index (χ1n) is 28.0. The molecule has 0 amide bonds. The SMILES string of the molecule is C#CC#CC.c1ccc(-c2ccccc2-c2ccc3c(c2)=c2ccc4c5ccc6c7c(ccc(c8ccc=3c2c84)c57)c2c(-c3ccccc3-c3ccccc3)c3cc4c5cccc7cccc(c75)c4c4c5ccccc5c(c62)c34)cc1. The van der Waals surface area contributed by atoms with Crippen LogP contribution in [0.25, 0.3) is 174 Å². The molecule has 368 valence electrons. The van der Waals surface area contributed by atoms with Crippen LogP contribution >= 0.6 is 0 Å². The van der Waals surface area contributed by atoms with Gasteiger partial charge in [0.1, 0.15) is 0 Å². The third kappa shape index (κ3) is 5.75. The summed E-state index contributed by atoms with van der Waals surface area (Å²) >= 11 is 0. The first-order valence-corrected chi connectivity index (χ1v) is 28.0. The fraction of sp³-hybridized carbons (Fsp3) is 0.0123. The summed E-state index contributed by atoms with van der Waals surface area (Å²) in [5, 5.41) is 37.6. The zero-order valence-electron chi connectivity index (χ0n) is 44.2. The minimum Gasteiger partial charge on any atom is -0.106 e. The van der Waals surface area contributed by atoms with Gasteiger partial charge in [-0.25, -0.2) is 0 Å². The van der Waals surface area contributed by atoms with Gasteiger partial charge < -0.3 is 0 Å². The molecule has 0 N–H and O–H groups in total. The zero-order valence-corrected chi connectivity index (χ0v) is 44.2. The van der Waals surface area contributed by atoms with E-state index in [0.29, 0.717) is 0 Å². The van der Waals surface area contributed by atoms with Crippen LogP contribution in [0.3, 0.4) is 0 Å². The van der Waals surface area contributed by atoms with Crippen LogP contribution in [0.1, 0.15) is 6.92 Å². The summed E-state index contributed by atoms with van der Waals surface area (Å²) in [6.45, 7) is 1.71. The Kier molecular flexibility index (Phi) is 8.96. The molecule has 0 fully saturated rings. The first kappa shape index (κ1) is 44.2. The van der Waals surface area contributed by atoms with Gasteiger partial charge in [-0.2, -0.15) is 0 Å². The lowest BCUT2D eigenvalue weighted by Gasteiger charge is -2.17. The Hall–Kier alpha value is -10.8. The molecule has 0 atom stereocenters. The van der Waals surface area contributed by atoms with E-state index < -0.39 is 0 Å². The highest BCUT2D eigenvalue weighted by Crippen LogP contribution is 2.58. The topological polar surface area (TPSA) is 0 Å². The fourth-order valence-corrected chi connectivity index (χ4v) is 15.4. The van der Waals surface area contributed by atoms with E-state index in [9.17, 15) is 0 Å². The lowest BCUT2D eigenvalue weighted by Crippen LogP contribution is -1.89. The monoisotopic (exact) mass is 1020 g/mol. The average molecular weight is 1020 g/mol. The van der Waals surface area contributed by atoms with Gasteiger partial charge in [0.2, 0.25) is 0 Å². The molecule has 0 spiro atoms. The van der Waals surface area contributed by atoms with E-state index >= 15 is 0 Å². The van der Waals surface area contributed by atoms with E-state index in [1.807, 2.05) is 0 Å². The summed E-state index contributed by atoms with van der Waals surface area (Å²) in [6, 6.07) is 92.4. The Bertz CT molecular complexity index is 6040. The van der Waals surface area contributed by atoms with Crippen molar-refractivity contribution in [2.45, 2.75) is 6.92 Å². The second-order valence-electron chi connectivity index (χ2n) is 22.1. The van der Waals surface area contributed by atoms with Crippen LogP contribution in [-0.2, 0) is 0 Å². The van der Waals surface area contributed by atoms with Crippen molar-refractivity contribution in [3.63, 3.8) is 0 Å². The summed E-state index contributed by atoms with van der Waals surface area (Å²) in [4.78, 5) is 0. The summed E-state index contributed by atoms with van der Waals surface area (Å²) in [5.74, 6) is 7.08. The molecule has 0 bridgehead atoms. The highest BCUT2D eigenvalue weighted by Gasteiger charge is 2.30. The van der Waals surface area contributed by atoms with Crippen LogP contribution < -0.4 is 0 Å². The van der Waals surface area contributed by atoms with Gasteiger partial charge in [-0.3, -0.25) is 0 Å². The molecule has 18 aromatic rings. The maximum absolute atomic E-state index is 4.72. The summed E-state index contributed by atoms with van der Waals surface area (Å²) in [5.41, 5.74) is 10.1. The molecule has 0 radical (unpaired) electrons. The molecule has 0 saturated heterocycles. The molecule has 1 aliphatic carbocycles. The minimum absolute atomic E-state index is 1.23. The number of rotatable bonds is 4. The second-order valence-corrected chi connectivity index (χ2v) is 22.1. The molecule has 0 aliphatic heterocycles. The Morgan fingerprint density at radius 1 is 0.247 bits per heavy atom. The molecular weight excluding hydrogens is 973 g/mol. The van der Waals surface area contributed by atoms with Crippen molar-refractivity contribution >= 4 is 129 Å². The number of hydrogen-bond donors (Lipinski definition) is 0. The standard InChI is InChI=1S/C76H40.C5H4/c1-3-15-41(16-4-1)45-21-7-8-23-47(45)44-29-30-48-53-31-32-54-56-35-37-60-70-61(38-36-57(68(56)70)55-33-34-58(62(48)39-44)66(53)67(54)55)75-73-51-26-12-11-25-50(51)72-71-59-28-14-20-43-19-13-27-52(65(43)59)63(71)40-64(76(72)73)69(74(60)75)49-24-10-9-22-46(49)42-17-5-2-6-18-42;1-3-5-4-2/h1-40H;1H,2H3. The van der Waals surface area contributed by atoms with E-state index in [-0.39, 0.29) is 0 Å². The van der Waals surface area contributed by atoms with Crippen molar-refractivity contribution in [3.8, 4) is 68.7 Å². The Balaban J connectivity index is 0.000000972. The molecule has 0 unspecified atom stereocenters. The van der Waals surface area contributed by atoms with Gasteiger partial charge in [-0.05, 0) is 226 Å². The van der Waals surface area contributed by atoms with Gasteiger partial charge in [0.15, 0.2) is 0 Å². The largest absolute Gasteiger partial charge is 0.106 e. The maximum atomic E-state index is 4.72. The van der Waals surface area contributed by atoms with E-state index in [4.69, 9.17) is 6.42 Å². The van der Waals surface area contributed by atoms with Crippen LogP contribution in [0.5, 0.6) is 0 Å². The van der Waals surface area contributed by atoms with Crippen LogP contribution in [0.15, 0.2) is 243 Å². The molecule has 19 rings (SSSR count). The highest BCUT2D eigenvalue weighted by molar-refractivity contribution is 6.54. The van der Waals surface area contributed by atoms with Crippen LogP contribution in [-0.4, -0.2) is 0 Å². The number of terminal acetylenes is 1. The molecule has 18 aromatic carbocycles. The predicted octanol–water partition coefficient (Wildman–Crippen LogP) is 21.5. The average Bonchev–Trinajstić information content (AvgIpc) is 3.38. The van der Waals surface area contributed by atoms with Crippen molar-refractivity contribution in [2.24, 2.45) is 0 Å². The lowest BCUT2D eigenvalue weighted by molar-refractivity contribution is 1.48. The van der Waals surface area contributed by atoms with Crippen molar-refractivity contribution in [2.75, 3.05) is 0 Å². The highest BCUT2D eigenvalue weighted by atomic mass is 14.3. The molecule has 1 aliphatic rings. The summed E-state index contributed by atoms with van der Waals surface area (Å²) in [6.07, 6.45) is 4.72. The van der Waals surface area contributed by atoms with Gasteiger partial charge in [-0.1, -0.05) is 236 Å². The summed E-state index contributed by atoms with van der Waals surface area (Å²) in [7, 11) is 0. The molecule has 0 heterocycles. The van der Waals surface area contributed by atoms with E-state index in [2.05, 4.69) is 260 Å². The van der Waals surface area contributed by atoms with Crippen molar-refractivity contribution < 1.29 is 0 Å². The molecule has 0 aromatic heterocycles. The Morgan fingerprint density at radius 2 is 0.654 bits per heavy atom. The molecular formula is C81H44. The van der Waals surface area contributed by atoms with Crippen LogP contribution in [0, 0.1) is 45.1 Å². The molecule has 0 heteroatoms. The smallest absolute Gasteiger partial charge is 0.000674 e. The Labute approximate surface area is 465 Å². The van der Waals surface area contributed by atoms with Crippen LogP contribution in [0.2, 0.25) is 0 Å². The summed E-state index contributed by atoms with van der Waals surface area (Å²) < 4.78 is 0. The van der Waals surface area contributed by atoms with E-state index in [0.717, 1.165) is 0 Å². The normalized spacial score (nSPS) is 12.1. The molecule has 81 heavy (non-hydrogen) atoms. The van der Waals surface area contributed by atoms with Crippen molar-refractivity contribution in [1.29, 1.82) is 0 Å². The first-order chi connectivity index (χ1) is 40.2. The minimum atomic E-state index is 1.23. The van der Waals surface area contributed by atoms with Crippen molar-refractivity contribution in [3.05, 3.63) is 264 Å². The Morgan fingerprint density at radius 3 is 1.28 bits per heavy atom. The van der Waals surface area contributed by atoms with E-state index in [1.165, 1.54) is 195 Å². The third-order valence-corrected chi connectivity index (χ3v) is 18.4. The van der Waals surface area contributed by atoms with Crippen LogP contribution in [0.4, 0.5) is 0 Å². The van der Waals surface area contributed by atoms with Gasteiger partial charge in [0.25, 0.3) is 0 Å². The quantitative estimate of drug-likeness (QED) is 0.0936. The van der Waals surface area contributed by atoms with E-state index in [1.54, 1.807) is 6.92 Å². The predicted molar refractivity (Wildman–Crippen MR) is 347 cm³/mol. The lowest BCUT2D eigenvalue weighted by atomic mass is 9.85. The molecule has 0 nitrogen and oxygen atoms in total. The molecule has 0 saturated carbocycles. The van der Waals surface area contributed by atoms with Gasteiger partial charge >= 0.3 is 0 Å². The maximum Gasteiger partial charge on any atom is -0.000674 e. The number of fused-ring (bicyclic) bond motifs is 14. The number of hydrogen-bond acceptors (Lipinski definition) is 0.